The number of benzene rings is 1. The van der Waals surface area contributed by atoms with Crippen LogP contribution in [0.3, 0.4) is 0 Å². The van der Waals surface area contributed by atoms with E-state index in [0.717, 1.165) is 31.5 Å². The van der Waals surface area contributed by atoms with Gasteiger partial charge in [-0.15, -0.1) is 0 Å². The Labute approximate surface area is 118 Å². The molecule has 1 aliphatic rings. The Hall–Kier alpha value is -1.26. The minimum atomic E-state index is 0.0785. The molecule has 1 aromatic carbocycles. The van der Waals surface area contributed by atoms with Crippen LogP contribution >= 0.6 is 11.6 Å². The number of carbonyl (C=O) groups is 1. The minimum absolute atomic E-state index is 0.0785. The van der Waals surface area contributed by atoms with Crippen molar-refractivity contribution in [1.82, 2.24) is 10.2 Å². The van der Waals surface area contributed by atoms with Crippen molar-refractivity contribution < 1.29 is 9.90 Å². The molecule has 5 heteroatoms. The molecule has 1 aliphatic heterocycles. The Kier molecular flexibility index (Phi) is 5.05. The lowest BCUT2D eigenvalue weighted by Crippen LogP contribution is -2.40. The van der Waals surface area contributed by atoms with E-state index in [2.05, 4.69) is 5.32 Å². The molecule has 4 nitrogen and oxygen atoms in total. The third-order valence-corrected chi connectivity index (χ3v) is 3.63. The summed E-state index contributed by atoms with van der Waals surface area (Å²) in [7, 11) is 0. The average molecular weight is 283 g/mol. The highest BCUT2D eigenvalue weighted by atomic mass is 35.5. The summed E-state index contributed by atoms with van der Waals surface area (Å²) in [5, 5.41) is 12.8. The first-order valence-electron chi connectivity index (χ1n) is 6.63. The van der Waals surface area contributed by atoms with Gasteiger partial charge in [0.15, 0.2) is 0 Å². The fourth-order valence-corrected chi connectivity index (χ4v) is 2.43. The second-order valence-electron chi connectivity index (χ2n) is 4.83. The van der Waals surface area contributed by atoms with Crippen LogP contribution in [0.1, 0.15) is 24.8 Å². The van der Waals surface area contributed by atoms with E-state index in [1.54, 1.807) is 18.2 Å². The molecule has 0 aromatic heterocycles. The van der Waals surface area contributed by atoms with Crippen LogP contribution in [0.4, 0.5) is 0 Å². The summed E-state index contributed by atoms with van der Waals surface area (Å²) in [5.74, 6) is 0.236. The molecule has 0 radical (unpaired) electrons. The second-order valence-corrected chi connectivity index (χ2v) is 5.24. The molecule has 1 amide bonds. The van der Waals surface area contributed by atoms with Gasteiger partial charge in [0.05, 0.1) is 11.6 Å². The van der Waals surface area contributed by atoms with Crippen molar-refractivity contribution >= 4 is 17.5 Å². The number of likely N-dealkylation sites (tertiary alicyclic amines) is 1. The number of amides is 1. The van der Waals surface area contributed by atoms with Crippen molar-refractivity contribution in [2.24, 2.45) is 0 Å². The van der Waals surface area contributed by atoms with E-state index in [1.165, 1.54) is 6.42 Å². The SMILES string of the molecule is O=C(CNCc1ccc(O)c(Cl)c1)N1CCCCC1. The van der Waals surface area contributed by atoms with Gasteiger partial charge in [-0.2, -0.15) is 0 Å². The van der Waals surface area contributed by atoms with E-state index in [-0.39, 0.29) is 11.7 Å². The Balaban J connectivity index is 1.76. The van der Waals surface area contributed by atoms with Crippen LogP contribution in [-0.4, -0.2) is 35.5 Å². The highest BCUT2D eigenvalue weighted by Crippen LogP contribution is 2.23. The Morgan fingerprint density at radius 2 is 2.05 bits per heavy atom. The second kappa shape index (κ2) is 6.78. The Bertz CT molecular complexity index is 445. The third-order valence-electron chi connectivity index (χ3n) is 3.33. The van der Waals surface area contributed by atoms with Crippen molar-refractivity contribution in [1.29, 1.82) is 0 Å². The highest BCUT2D eigenvalue weighted by Gasteiger charge is 2.15. The molecule has 0 spiro atoms. The van der Waals surface area contributed by atoms with E-state index in [4.69, 9.17) is 11.6 Å². The predicted octanol–water partition coefficient (Wildman–Crippen LogP) is 2.15. The Morgan fingerprint density at radius 3 is 2.74 bits per heavy atom. The molecule has 0 saturated carbocycles. The van der Waals surface area contributed by atoms with Crippen molar-refractivity contribution in [2.45, 2.75) is 25.8 Å². The molecular weight excluding hydrogens is 264 g/mol. The van der Waals surface area contributed by atoms with Gasteiger partial charge >= 0.3 is 0 Å². The van der Waals surface area contributed by atoms with Gasteiger partial charge < -0.3 is 15.3 Å². The van der Waals surface area contributed by atoms with E-state index in [9.17, 15) is 9.90 Å². The van der Waals surface area contributed by atoms with Crippen LogP contribution < -0.4 is 5.32 Å². The maximum Gasteiger partial charge on any atom is 0.236 e. The van der Waals surface area contributed by atoms with Crippen molar-refractivity contribution in [2.75, 3.05) is 19.6 Å². The molecule has 1 aromatic rings. The number of phenolic OH excluding ortho intramolecular Hbond substituents is 1. The molecule has 19 heavy (non-hydrogen) atoms. The standard InChI is InChI=1S/C14H19ClN2O2/c15-12-8-11(4-5-13(12)18)9-16-10-14(19)17-6-2-1-3-7-17/h4-5,8,16,18H,1-3,6-7,9-10H2. The van der Waals surface area contributed by atoms with Crippen LogP contribution in [0, 0.1) is 0 Å². The molecule has 1 heterocycles. The summed E-state index contributed by atoms with van der Waals surface area (Å²) < 4.78 is 0. The van der Waals surface area contributed by atoms with Gasteiger partial charge in [-0.3, -0.25) is 4.79 Å². The monoisotopic (exact) mass is 282 g/mol. The number of nitrogens with zero attached hydrogens (tertiary/aromatic N) is 1. The van der Waals surface area contributed by atoms with E-state index in [1.807, 2.05) is 4.90 Å². The maximum absolute atomic E-state index is 11.9. The summed E-state index contributed by atoms with van der Waals surface area (Å²) in [6, 6.07) is 5.06. The fourth-order valence-electron chi connectivity index (χ4n) is 2.23. The molecule has 1 fully saturated rings. The van der Waals surface area contributed by atoms with Gasteiger partial charge in [0.25, 0.3) is 0 Å². The van der Waals surface area contributed by atoms with Gasteiger partial charge in [-0.1, -0.05) is 17.7 Å². The van der Waals surface area contributed by atoms with E-state index in [0.29, 0.717) is 18.1 Å². The van der Waals surface area contributed by atoms with Gasteiger partial charge in [0.1, 0.15) is 5.75 Å². The lowest BCUT2D eigenvalue weighted by molar-refractivity contribution is -0.131. The smallest absolute Gasteiger partial charge is 0.236 e. The summed E-state index contributed by atoms with van der Waals surface area (Å²) >= 11 is 5.82. The van der Waals surface area contributed by atoms with Crippen LogP contribution in [-0.2, 0) is 11.3 Å². The number of nitrogens with one attached hydrogen (secondary N) is 1. The van der Waals surface area contributed by atoms with Crippen molar-refractivity contribution in [3.8, 4) is 5.75 Å². The van der Waals surface area contributed by atoms with E-state index >= 15 is 0 Å². The molecule has 2 rings (SSSR count). The zero-order chi connectivity index (χ0) is 13.7. The minimum Gasteiger partial charge on any atom is -0.506 e. The Morgan fingerprint density at radius 1 is 1.32 bits per heavy atom. The lowest BCUT2D eigenvalue weighted by Gasteiger charge is -2.26. The molecule has 0 bridgehead atoms. The number of halogens is 1. The fraction of sp³-hybridized carbons (Fsp3) is 0.500. The summed E-state index contributed by atoms with van der Waals surface area (Å²) in [4.78, 5) is 13.8. The molecule has 104 valence electrons. The normalized spacial score (nSPS) is 15.5. The number of carbonyl (C=O) groups excluding carboxylic acids is 1. The number of rotatable bonds is 4. The molecule has 1 saturated heterocycles. The molecule has 0 unspecified atom stereocenters. The van der Waals surface area contributed by atoms with Crippen molar-refractivity contribution in [3.63, 3.8) is 0 Å². The maximum atomic E-state index is 11.9. The van der Waals surface area contributed by atoms with Crippen LogP contribution in [0.5, 0.6) is 5.75 Å². The number of aromatic hydroxyl groups is 1. The van der Waals surface area contributed by atoms with E-state index < -0.39 is 0 Å². The molecule has 0 aliphatic carbocycles. The molecular formula is C14H19ClN2O2. The van der Waals surface area contributed by atoms with Gasteiger partial charge in [-0.25, -0.2) is 0 Å². The summed E-state index contributed by atoms with van der Waals surface area (Å²) in [6.45, 7) is 2.68. The van der Waals surface area contributed by atoms with Gasteiger partial charge in [0.2, 0.25) is 5.91 Å². The number of hydrogen-bond donors (Lipinski definition) is 2. The topological polar surface area (TPSA) is 52.6 Å². The lowest BCUT2D eigenvalue weighted by atomic mass is 10.1. The van der Waals surface area contributed by atoms with Crippen LogP contribution in [0.25, 0.3) is 0 Å². The highest BCUT2D eigenvalue weighted by molar-refractivity contribution is 6.32. The first-order valence-corrected chi connectivity index (χ1v) is 7.00. The van der Waals surface area contributed by atoms with Gasteiger partial charge in [0, 0.05) is 19.6 Å². The van der Waals surface area contributed by atoms with Crippen LogP contribution in [0.15, 0.2) is 18.2 Å². The van der Waals surface area contributed by atoms with Crippen LogP contribution in [0.2, 0.25) is 5.02 Å². The number of piperidine rings is 1. The first-order chi connectivity index (χ1) is 9.16. The largest absolute Gasteiger partial charge is 0.506 e. The average Bonchev–Trinajstić information content (AvgIpc) is 2.43. The van der Waals surface area contributed by atoms with Crippen molar-refractivity contribution in [3.05, 3.63) is 28.8 Å². The number of phenols is 1. The third kappa shape index (κ3) is 4.11. The first kappa shape index (κ1) is 14.2. The molecule has 0 atom stereocenters. The molecule has 2 N–H and O–H groups in total. The summed E-state index contributed by atoms with van der Waals surface area (Å²) in [5.41, 5.74) is 0.953. The quantitative estimate of drug-likeness (QED) is 0.890. The zero-order valence-electron chi connectivity index (χ0n) is 10.9. The van der Waals surface area contributed by atoms with Gasteiger partial charge in [-0.05, 0) is 37.0 Å². The zero-order valence-corrected chi connectivity index (χ0v) is 11.6. The predicted molar refractivity (Wildman–Crippen MR) is 75.3 cm³/mol. The number of hydrogen-bond acceptors (Lipinski definition) is 3. The summed E-state index contributed by atoms with van der Waals surface area (Å²) in [6.07, 6.45) is 3.45.